The smallest absolute Gasteiger partial charge is 0.243 e. The molecule has 0 fully saturated rings. The monoisotopic (exact) mass is 182 g/mol. The molecule has 1 aliphatic rings. The Balaban J connectivity index is 2.68. The third kappa shape index (κ3) is 2.56. The number of hydrogen-bond donors (Lipinski definition) is 1. The van der Waals surface area contributed by atoms with Crippen molar-refractivity contribution in [3.05, 3.63) is 12.2 Å². The highest BCUT2D eigenvalue weighted by Gasteiger charge is 2.27. The lowest BCUT2D eigenvalue weighted by atomic mass is 9.93. The molecule has 1 amide bonds. The van der Waals surface area contributed by atoms with Crippen LogP contribution < -0.4 is 5.32 Å². The highest BCUT2D eigenvalue weighted by molar-refractivity contribution is 5.87. The largest absolute Gasteiger partial charge is 0.351 e. The first kappa shape index (κ1) is 10.3. The molecule has 0 saturated heterocycles. The molecule has 0 saturated carbocycles. The lowest BCUT2D eigenvalue weighted by Gasteiger charge is -2.37. The average Bonchev–Trinajstić information content (AvgIpc) is 2.06. The van der Waals surface area contributed by atoms with E-state index in [0.29, 0.717) is 0 Å². The minimum absolute atomic E-state index is 0.0211. The molecule has 0 aliphatic carbocycles. The molecule has 1 N–H and O–H groups in total. The molecule has 74 valence electrons. The second-order valence-corrected chi connectivity index (χ2v) is 4.05. The molecule has 0 radical (unpaired) electrons. The zero-order valence-electron chi connectivity index (χ0n) is 8.63. The molecule has 1 rings (SSSR count). The fourth-order valence-corrected chi connectivity index (χ4v) is 1.39. The number of allylic oxidation sites excluding steroid dienone is 1. The first-order valence-corrected chi connectivity index (χ1v) is 4.66. The van der Waals surface area contributed by atoms with E-state index in [1.807, 2.05) is 6.08 Å². The number of nitrogens with one attached hydrogen (secondary N) is 1. The Kier molecular flexibility index (Phi) is 3.09. The first-order chi connectivity index (χ1) is 6.04. The van der Waals surface area contributed by atoms with Crippen LogP contribution >= 0.6 is 0 Å². The molecular formula is C10H18N2O. The first-order valence-electron chi connectivity index (χ1n) is 4.66. The predicted octanol–water partition coefficient (Wildman–Crippen LogP) is 0.773. The van der Waals surface area contributed by atoms with E-state index in [2.05, 4.69) is 31.2 Å². The van der Waals surface area contributed by atoms with Crippen molar-refractivity contribution in [1.29, 1.82) is 0 Å². The van der Waals surface area contributed by atoms with E-state index in [1.165, 1.54) is 0 Å². The Bertz CT molecular complexity index is 223. The van der Waals surface area contributed by atoms with Gasteiger partial charge in [0, 0.05) is 12.1 Å². The molecule has 1 heterocycles. The molecule has 3 nitrogen and oxygen atoms in total. The molecule has 0 spiro atoms. The summed E-state index contributed by atoms with van der Waals surface area (Å²) in [6.07, 6.45) is 5.62. The summed E-state index contributed by atoms with van der Waals surface area (Å²) in [7, 11) is 4.11. The van der Waals surface area contributed by atoms with Gasteiger partial charge in [-0.2, -0.15) is 0 Å². The van der Waals surface area contributed by atoms with Crippen LogP contribution in [0.3, 0.4) is 0 Å². The van der Waals surface area contributed by atoms with Crippen LogP contribution in [0, 0.1) is 0 Å². The van der Waals surface area contributed by atoms with E-state index in [-0.39, 0.29) is 11.4 Å². The van der Waals surface area contributed by atoms with Crippen molar-refractivity contribution in [2.45, 2.75) is 25.3 Å². The van der Waals surface area contributed by atoms with Gasteiger partial charge >= 0.3 is 0 Å². The number of hydrogen-bond acceptors (Lipinski definition) is 2. The number of carbonyl (C=O) groups is 1. The van der Waals surface area contributed by atoms with Gasteiger partial charge in [-0.05, 0) is 39.9 Å². The van der Waals surface area contributed by atoms with Crippen molar-refractivity contribution in [3.8, 4) is 0 Å². The molecular weight excluding hydrogens is 164 g/mol. The zero-order chi connectivity index (χ0) is 9.90. The minimum atomic E-state index is 0.0211. The SMILES string of the molecule is CN(C)C1(C)CC/C=C\C(=O)NC1. The van der Waals surface area contributed by atoms with Gasteiger partial charge in [0.05, 0.1) is 0 Å². The van der Waals surface area contributed by atoms with Crippen molar-refractivity contribution in [2.24, 2.45) is 0 Å². The van der Waals surface area contributed by atoms with Gasteiger partial charge in [0.25, 0.3) is 0 Å². The summed E-state index contributed by atoms with van der Waals surface area (Å²) >= 11 is 0. The Morgan fingerprint density at radius 3 is 2.85 bits per heavy atom. The van der Waals surface area contributed by atoms with Gasteiger partial charge in [0.1, 0.15) is 0 Å². The summed E-state index contributed by atoms with van der Waals surface area (Å²) in [5, 5.41) is 2.89. The summed E-state index contributed by atoms with van der Waals surface area (Å²) in [6.45, 7) is 2.90. The van der Waals surface area contributed by atoms with Crippen LogP contribution in [0.2, 0.25) is 0 Å². The summed E-state index contributed by atoms with van der Waals surface area (Å²) in [5.74, 6) is 0.0211. The van der Waals surface area contributed by atoms with E-state index in [9.17, 15) is 4.79 Å². The molecule has 0 bridgehead atoms. The summed E-state index contributed by atoms with van der Waals surface area (Å²) in [4.78, 5) is 13.3. The third-order valence-corrected chi connectivity index (χ3v) is 2.84. The summed E-state index contributed by atoms with van der Waals surface area (Å²) in [6, 6.07) is 0. The molecule has 0 aromatic heterocycles. The lowest BCUT2D eigenvalue weighted by molar-refractivity contribution is -0.117. The number of amides is 1. The fourth-order valence-electron chi connectivity index (χ4n) is 1.39. The molecule has 0 aromatic rings. The molecule has 3 heteroatoms. The van der Waals surface area contributed by atoms with Crippen LogP contribution in [0.15, 0.2) is 12.2 Å². The van der Waals surface area contributed by atoms with Crippen LogP contribution in [0.1, 0.15) is 19.8 Å². The van der Waals surface area contributed by atoms with Crippen molar-refractivity contribution >= 4 is 5.91 Å². The molecule has 13 heavy (non-hydrogen) atoms. The maximum atomic E-state index is 11.1. The van der Waals surface area contributed by atoms with Crippen molar-refractivity contribution in [1.82, 2.24) is 10.2 Å². The van der Waals surface area contributed by atoms with Gasteiger partial charge in [-0.3, -0.25) is 4.79 Å². The van der Waals surface area contributed by atoms with Gasteiger partial charge < -0.3 is 10.2 Å². The Labute approximate surface area is 79.8 Å². The highest BCUT2D eigenvalue weighted by Crippen LogP contribution is 2.18. The summed E-state index contributed by atoms with van der Waals surface area (Å²) < 4.78 is 0. The molecule has 1 aliphatic heterocycles. The lowest BCUT2D eigenvalue weighted by Crippen LogP contribution is -2.50. The Morgan fingerprint density at radius 1 is 1.54 bits per heavy atom. The Hall–Kier alpha value is -0.830. The second-order valence-electron chi connectivity index (χ2n) is 4.05. The van der Waals surface area contributed by atoms with Crippen molar-refractivity contribution < 1.29 is 4.79 Å². The van der Waals surface area contributed by atoms with E-state index in [4.69, 9.17) is 0 Å². The van der Waals surface area contributed by atoms with Crippen LogP contribution in [0.25, 0.3) is 0 Å². The summed E-state index contributed by atoms with van der Waals surface area (Å²) in [5.41, 5.74) is 0.0837. The zero-order valence-corrected chi connectivity index (χ0v) is 8.63. The van der Waals surface area contributed by atoms with Crippen molar-refractivity contribution in [2.75, 3.05) is 20.6 Å². The average molecular weight is 182 g/mol. The maximum Gasteiger partial charge on any atom is 0.243 e. The van der Waals surface area contributed by atoms with Crippen LogP contribution in [-0.2, 0) is 4.79 Å². The fraction of sp³-hybridized carbons (Fsp3) is 0.700. The standard InChI is InChI=1S/C10H18N2O/c1-10(12(2)3)7-5-4-6-9(13)11-8-10/h4,6H,5,7-8H2,1-3H3,(H,11,13)/b6-4-. The van der Waals surface area contributed by atoms with Gasteiger partial charge in [-0.15, -0.1) is 0 Å². The maximum absolute atomic E-state index is 11.1. The topological polar surface area (TPSA) is 32.3 Å². The van der Waals surface area contributed by atoms with Gasteiger partial charge in [0.15, 0.2) is 0 Å². The highest BCUT2D eigenvalue weighted by atomic mass is 16.1. The van der Waals surface area contributed by atoms with Gasteiger partial charge in [-0.25, -0.2) is 0 Å². The van der Waals surface area contributed by atoms with Gasteiger partial charge in [0.2, 0.25) is 5.91 Å². The third-order valence-electron chi connectivity index (χ3n) is 2.84. The minimum Gasteiger partial charge on any atom is -0.351 e. The predicted molar refractivity (Wildman–Crippen MR) is 53.5 cm³/mol. The molecule has 0 aromatic carbocycles. The van der Waals surface area contributed by atoms with Crippen molar-refractivity contribution in [3.63, 3.8) is 0 Å². The Morgan fingerprint density at radius 2 is 2.23 bits per heavy atom. The van der Waals surface area contributed by atoms with Crippen LogP contribution in [0.5, 0.6) is 0 Å². The number of rotatable bonds is 1. The number of carbonyl (C=O) groups excluding carboxylic acids is 1. The van der Waals surface area contributed by atoms with E-state index >= 15 is 0 Å². The normalized spacial score (nSPS) is 32.2. The number of likely N-dealkylation sites (N-methyl/N-ethyl adjacent to an activating group) is 1. The molecule has 1 atom stereocenters. The van der Waals surface area contributed by atoms with Crippen LogP contribution in [-0.4, -0.2) is 37.0 Å². The van der Waals surface area contributed by atoms with E-state index < -0.39 is 0 Å². The molecule has 1 unspecified atom stereocenters. The van der Waals surface area contributed by atoms with E-state index in [0.717, 1.165) is 19.4 Å². The second kappa shape index (κ2) is 3.92. The van der Waals surface area contributed by atoms with Crippen LogP contribution in [0.4, 0.5) is 0 Å². The quantitative estimate of drug-likeness (QED) is 0.649. The van der Waals surface area contributed by atoms with Gasteiger partial charge in [-0.1, -0.05) is 6.08 Å². The van der Waals surface area contributed by atoms with E-state index in [1.54, 1.807) is 6.08 Å². The number of nitrogens with zero attached hydrogens (tertiary/aromatic N) is 1.